The third-order valence-corrected chi connectivity index (χ3v) is 3.80. The zero-order valence-corrected chi connectivity index (χ0v) is 10.1. The van der Waals surface area contributed by atoms with Gasteiger partial charge in [0.25, 0.3) is 0 Å². The molecule has 2 nitrogen and oxygen atoms in total. The Morgan fingerprint density at radius 1 is 1.47 bits per heavy atom. The summed E-state index contributed by atoms with van der Waals surface area (Å²) in [4.78, 5) is 2.46. The highest BCUT2D eigenvalue weighted by Crippen LogP contribution is 2.35. The van der Waals surface area contributed by atoms with Gasteiger partial charge < -0.3 is 5.73 Å². The van der Waals surface area contributed by atoms with E-state index in [4.69, 9.17) is 5.73 Å². The summed E-state index contributed by atoms with van der Waals surface area (Å²) in [5.41, 5.74) is 5.30. The average molecular weight is 264 g/mol. The van der Waals surface area contributed by atoms with Crippen LogP contribution in [0, 0.1) is 0 Å². The van der Waals surface area contributed by atoms with E-state index in [-0.39, 0.29) is 12.6 Å². The third-order valence-electron chi connectivity index (χ3n) is 2.94. The van der Waals surface area contributed by atoms with E-state index in [9.17, 15) is 13.2 Å². The van der Waals surface area contributed by atoms with Gasteiger partial charge in [0.05, 0.1) is 0 Å². The van der Waals surface area contributed by atoms with Crippen molar-refractivity contribution < 1.29 is 13.2 Å². The molecular weight excluding hydrogens is 249 g/mol. The van der Waals surface area contributed by atoms with Crippen LogP contribution in [0.3, 0.4) is 0 Å². The lowest BCUT2D eigenvalue weighted by Gasteiger charge is -2.32. The molecule has 17 heavy (non-hydrogen) atoms. The smallest absolute Gasteiger partial charge is 0.329 e. The first-order chi connectivity index (χ1) is 8.02. The summed E-state index contributed by atoms with van der Waals surface area (Å²) in [6, 6.07) is 2.25. The van der Waals surface area contributed by atoms with Crippen LogP contribution in [0.15, 0.2) is 17.5 Å². The van der Waals surface area contributed by atoms with Crippen molar-refractivity contribution in [2.45, 2.75) is 37.6 Å². The predicted molar refractivity (Wildman–Crippen MR) is 61.8 cm³/mol. The van der Waals surface area contributed by atoms with E-state index in [0.29, 0.717) is 6.54 Å². The highest BCUT2D eigenvalue weighted by Gasteiger charge is 2.47. The van der Waals surface area contributed by atoms with Crippen molar-refractivity contribution in [3.63, 3.8) is 0 Å². The number of alkyl halides is 3. The van der Waals surface area contributed by atoms with Crippen LogP contribution in [0.2, 0.25) is 0 Å². The summed E-state index contributed by atoms with van der Waals surface area (Å²) in [5.74, 6) is 0. The van der Waals surface area contributed by atoms with Gasteiger partial charge in [-0.25, -0.2) is 0 Å². The first-order valence-electron chi connectivity index (χ1n) is 5.57. The molecule has 2 N–H and O–H groups in total. The first kappa shape index (κ1) is 12.9. The van der Waals surface area contributed by atoms with Crippen molar-refractivity contribution in [1.82, 2.24) is 4.90 Å². The van der Waals surface area contributed by atoms with Crippen molar-refractivity contribution in [3.8, 4) is 0 Å². The van der Waals surface area contributed by atoms with Gasteiger partial charge in [0, 0.05) is 24.0 Å². The molecule has 96 valence electrons. The van der Waals surface area contributed by atoms with E-state index in [1.54, 1.807) is 0 Å². The Balaban J connectivity index is 2.10. The van der Waals surface area contributed by atoms with E-state index in [1.807, 2.05) is 17.5 Å². The molecule has 0 aliphatic heterocycles. The molecular formula is C11H15F3N2S. The van der Waals surface area contributed by atoms with Gasteiger partial charge in [-0.15, -0.1) is 11.3 Å². The SMILES string of the molecule is NCC(N(Cc1cccs1)C1CC1)C(F)(F)F. The summed E-state index contributed by atoms with van der Waals surface area (Å²) in [6.45, 7) is -0.0188. The number of rotatable bonds is 5. The van der Waals surface area contributed by atoms with Crippen LogP contribution >= 0.6 is 11.3 Å². The Morgan fingerprint density at radius 2 is 2.18 bits per heavy atom. The Labute approximate surface area is 102 Å². The second-order valence-corrected chi connectivity index (χ2v) is 5.31. The molecule has 0 aromatic carbocycles. The van der Waals surface area contributed by atoms with E-state index in [0.717, 1.165) is 17.7 Å². The summed E-state index contributed by atoms with van der Waals surface area (Å²) in [7, 11) is 0. The molecule has 0 bridgehead atoms. The van der Waals surface area contributed by atoms with Gasteiger partial charge in [0.2, 0.25) is 0 Å². The van der Waals surface area contributed by atoms with Gasteiger partial charge in [0.1, 0.15) is 6.04 Å². The van der Waals surface area contributed by atoms with Crippen LogP contribution < -0.4 is 5.73 Å². The minimum absolute atomic E-state index is 0.0484. The molecule has 1 aliphatic carbocycles. The standard InChI is InChI=1S/C11H15F3N2S/c12-11(13,14)10(6-15)16(8-3-4-8)7-9-2-1-5-17-9/h1-2,5,8,10H,3-4,6-7,15H2. The van der Waals surface area contributed by atoms with Crippen LogP contribution in [-0.4, -0.2) is 29.7 Å². The number of thiophene rings is 1. The normalized spacial score (nSPS) is 18.6. The fourth-order valence-electron chi connectivity index (χ4n) is 1.94. The van der Waals surface area contributed by atoms with E-state index >= 15 is 0 Å². The maximum Gasteiger partial charge on any atom is 0.405 e. The van der Waals surface area contributed by atoms with Gasteiger partial charge in [-0.2, -0.15) is 13.2 Å². The third kappa shape index (κ3) is 3.20. The molecule has 0 spiro atoms. The van der Waals surface area contributed by atoms with Gasteiger partial charge in [0.15, 0.2) is 0 Å². The Bertz CT molecular complexity index is 346. The number of halogens is 3. The zero-order chi connectivity index (χ0) is 12.5. The minimum atomic E-state index is -4.24. The van der Waals surface area contributed by atoms with Gasteiger partial charge in [-0.3, -0.25) is 4.90 Å². The minimum Gasteiger partial charge on any atom is -0.329 e. The number of nitrogens with two attached hydrogens (primary N) is 1. The van der Waals surface area contributed by atoms with Gasteiger partial charge in [-0.1, -0.05) is 6.07 Å². The van der Waals surface area contributed by atoms with Crippen molar-refractivity contribution in [2.24, 2.45) is 5.73 Å². The molecule has 6 heteroatoms. The second kappa shape index (κ2) is 4.96. The second-order valence-electron chi connectivity index (χ2n) is 4.28. The summed E-state index contributed by atoms with van der Waals surface area (Å²) >= 11 is 1.49. The predicted octanol–water partition coefficient (Wildman–Crippen LogP) is 2.60. The highest BCUT2D eigenvalue weighted by molar-refractivity contribution is 7.09. The monoisotopic (exact) mass is 264 g/mol. The van der Waals surface area contributed by atoms with Crippen molar-refractivity contribution in [2.75, 3.05) is 6.54 Å². The van der Waals surface area contributed by atoms with Crippen molar-refractivity contribution in [3.05, 3.63) is 22.4 Å². The fourth-order valence-corrected chi connectivity index (χ4v) is 2.65. The number of hydrogen-bond acceptors (Lipinski definition) is 3. The van der Waals surface area contributed by atoms with E-state index in [2.05, 4.69) is 0 Å². The molecule has 1 aromatic heterocycles. The lowest BCUT2D eigenvalue weighted by atomic mass is 10.2. The average Bonchev–Trinajstić information content (AvgIpc) is 2.95. The lowest BCUT2D eigenvalue weighted by molar-refractivity contribution is -0.184. The molecule has 1 fully saturated rings. The molecule has 1 saturated carbocycles. The molecule has 0 amide bonds. The Hall–Kier alpha value is -0.590. The van der Waals surface area contributed by atoms with Crippen molar-refractivity contribution in [1.29, 1.82) is 0 Å². The molecule has 1 heterocycles. The molecule has 1 aliphatic rings. The van der Waals surface area contributed by atoms with Crippen LogP contribution in [-0.2, 0) is 6.54 Å². The van der Waals surface area contributed by atoms with Crippen LogP contribution in [0.25, 0.3) is 0 Å². The van der Waals surface area contributed by atoms with Crippen LogP contribution in [0.1, 0.15) is 17.7 Å². The Kier molecular flexibility index (Phi) is 3.75. The van der Waals surface area contributed by atoms with E-state index < -0.39 is 12.2 Å². The van der Waals surface area contributed by atoms with Crippen LogP contribution in [0.4, 0.5) is 13.2 Å². The molecule has 1 atom stereocenters. The number of nitrogens with zero attached hydrogens (tertiary/aromatic N) is 1. The summed E-state index contributed by atoms with van der Waals surface area (Å²) in [6.07, 6.45) is -2.55. The first-order valence-corrected chi connectivity index (χ1v) is 6.45. The zero-order valence-electron chi connectivity index (χ0n) is 9.28. The van der Waals surface area contributed by atoms with Crippen LogP contribution in [0.5, 0.6) is 0 Å². The van der Waals surface area contributed by atoms with E-state index in [1.165, 1.54) is 16.2 Å². The molecule has 2 rings (SSSR count). The lowest BCUT2D eigenvalue weighted by Crippen LogP contribution is -2.50. The molecule has 1 aromatic rings. The quantitative estimate of drug-likeness (QED) is 0.885. The largest absolute Gasteiger partial charge is 0.405 e. The van der Waals surface area contributed by atoms with Gasteiger partial charge in [-0.05, 0) is 24.3 Å². The molecule has 0 radical (unpaired) electrons. The molecule has 1 unspecified atom stereocenters. The maximum atomic E-state index is 12.9. The van der Waals surface area contributed by atoms with Crippen molar-refractivity contribution >= 4 is 11.3 Å². The number of hydrogen-bond donors (Lipinski definition) is 1. The van der Waals surface area contributed by atoms with Gasteiger partial charge >= 0.3 is 6.18 Å². The fraction of sp³-hybridized carbons (Fsp3) is 0.636. The highest BCUT2D eigenvalue weighted by atomic mass is 32.1. The summed E-state index contributed by atoms with van der Waals surface area (Å²) in [5, 5.41) is 1.88. The molecule has 0 saturated heterocycles. The summed E-state index contributed by atoms with van der Waals surface area (Å²) < 4.78 is 38.6. The maximum absolute atomic E-state index is 12.9. The Morgan fingerprint density at radius 3 is 2.59 bits per heavy atom. The topological polar surface area (TPSA) is 29.3 Å².